The lowest BCUT2D eigenvalue weighted by Gasteiger charge is -2.16. The first-order valence-corrected chi connectivity index (χ1v) is 8.14. The normalized spacial score (nSPS) is 12.2. The monoisotopic (exact) mass is 350 g/mol. The third-order valence-electron chi connectivity index (χ3n) is 3.58. The molecule has 1 nitrogen and oxygen atoms in total. The van der Waals surface area contributed by atoms with Crippen LogP contribution in [0.3, 0.4) is 0 Å². The molecule has 2 rings (SSSR count). The molecule has 0 amide bonds. The molecular formula is C18H20BrFO. The molecule has 0 saturated heterocycles. The average molecular weight is 351 g/mol. The lowest BCUT2D eigenvalue weighted by atomic mass is 10.0. The van der Waals surface area contributed by atoms with E-state index in [1.54, 1.807) is 19.2 Å². The number of hydrogen-bond donors (Lipinski definition) is 0. The molecule has 0 N–H and O–H groups in total. The van der Waals surface area contributed by atoms with Gasteiger partial charge in [-0.1, -0.05) is 59.6 Å². The summed E-state index contributed by atoms with van der Waals surface area (Å²) in [5.74, 6) is 0.304. The van der Waals surface area contributed by atoms with E-state index < -0.39 is 0 Å². The summed E-state index contributed by atoms with van der Waals surface area (Å²) in [5, 5.41) is 0. The molecule has 0 spiro atoms. The van der Waals surface area contributed by atoms with Crippen molar-refractivity contribution in [3.8, 4) is 5.75 Å². The van der Waals surface area contributed by atoms with E-state index in [4.69, 9.17) is 4.74 Å². The van der Waals surface area contributed by atoms with Crippen molar-refractivity contribution in [3.05, 3.63) is 65.0 Å². The van der Waals surface area contributed by atoms with Gasteiger partial charge in [-0.2, -0.15) is 0 Å². The molecule has 2 aromatic carbocycles. The number of rotatable bonds is 6. The quantitative estimate of drug-likeness (QED) is 0.610. The van der Waals surface area contributed by atoms with Crippen LogP contribution in [0.1, 0.15) is 41.3 Å². The lowest BCUT2D eigenvalue weighted by Crippen LogP contribution is -2.00. The highest BCUT2D eigenvalue weighted by atomic mass is 79.9. The van der Waals surface area contributed by atoms with Gasteiger partial charge in [-0.3, -0.25) is 0 Å². The van der Waals surface area contributed by atoms with Crippen molar-refractivity contribution in [1.82, 2.24) is 0 Å². The van der Waals surface area contributed by atoms with Crippen LogP contribution in [0.2, 0.25) is 0 Å². The zero-order chi connectivity index (χ0) is 15.2. The minimum atomic E-state index is -0.258. The van der Waals surface area contributed by atoms with E-state index in [-0.39, 0.29) is 10.6 Å². The summed E-state index contributed by atoms with van der Waals surface area (Å²) in [6, 6.07) is 13.2. The van der Waals surface area contributed by atoms with Gasteiger partial charge in [-0.05, 0) is 36.1 Å². The van der Waals surface area contributed by atoms with Crippen molar-refractivity contribution < 1.29 is 9.13 Å². The maximum Gasteiger partial charge on any atom is 0.131 e. The third kappa shape index (κ3) is 3.85. The van der Waals surface area contributed by atoms with Crippen LogP contribution in [0, 0.1) is 5.82 Å². The van der Waals surface area contributed by atoms with Gasteiger partial charge >= 0.3 is 0 Å². The van der Waals surface area contributed by atoms with Gasteiger partial charge in [-0.15, -0.1) is 0 Å². The Bertz CT molecular complexity index is 580. The molecule has 1 atom stereocenters. The molecule has 0 aromatic heterocycles. The van der Waals surface area contributed by atoms with Gasteiger partial charge in [0, 0.05) is 5.56 Å². The molecule has 3 heteroatoms. The van der Waals surface area contributed by atoms with Crippen LogP contribution >= 0.6 is 15.9 Å². The van der Waals surface area contributed by atoms with E-state index in [1.165, 1.54) is 24.5 Å². The molecular weight excluding hydrogens is 331 g/mol. The second kappa shape index (κ2) is 7.60. The van der Waals surface area contributed by atoms with E-state index >= 15 is 0 Å². The highest BCUT2D eigenvalue weighted by molar-refractivity contribution is 9.09. The second-order valence-electron chi connectivity index (χ2n) is 5.06. The summed E-state index contributed by atoms with van der Waals surface area (Å²) in [7, 11) is 1.56. The summed E-state index contributed by atoms with van der Waals surface area (Å²) < 4.78 is 19.4. The van der Waals surface area contributed by atoms with Crippen LogP contribution in [0.25, 0.3) is 0 Å². The van der Waals surface area contributed by atoms with Crippen molar-refractivity contribution in [2.24, 2.45) is 0 Å². The number of halogens is 2. The first kappa shape index (κ1) is 16.0. The van der Waals surface area contributed by atoms with Crippen molar-refractivity contribution >= 4 is 15.9 Å². The van der Waals surface area contributed by atoms with Gasteiger partial charge in [0.15, 0.2) is 0 Å². The number of methoxy groups -OCH3 is 1. The molecule has 2 aromatic rings. The summed E-state index contributed by atoms with van der Waals surface area (Å²) in [4.78, 5) is -0.214. The van der Waals surface area contributed by atoms with Crippen LogP contribution in [0.4, 0.5) is 4.39 Å². The maximum absolute atomic E-state index is 14.1. The summed E-state index contributed by atoms with van der Waals surface area (Å²) in [6.07, 6.45) is 3.47. The Labute approximate surface area is 134 Å². The number of hydrogen-bond acceptors (Lipinski definition) is 1. The lowest BCUT2D eigenvalue weighted by molar-refractivity contribution is 0.405. The fourth-order valence-electron chi connectivity index (χ4n) is 2.34. The van der Waals surface area contributed by atoms with Crippen LogP contribution < -0.4 is 4.74 Å². The van der Waals surface area contributed by atoms with Crippen molar-refractivity contribution in [2.45, 2.75) is 31.0 Å². The molecule has 0 aliphatic carbocycles. The maximum atomic E-state index is 14.1. The number of ether oxygens (including phenoxy) is 1. The van der Waals surface area contributed by atoms with Gasteiger partial charge in [0.25, 0.3) is 0 Å². The molecule has 0 aliphatic rings. The summed E-state index contributed by atoms with van der Waals surface area (Å²) in [5.41, 5.74) is 2.89. The summed E-state index contributed by atoms with van der Waals surface area (Å²) in [6.45, 7) is 2.19. The molecule has 1 unspecified atom stereocenters. The Balaban J connectivity index is 2.26. The van der Waals surface area contributed by atoms with E-state index in [9.17, 15) is 4.39 Å². The minimum Gasteiger partial charge on any atom is -0.496 e. The fraction of sp³-hybridized carbons (Fsp3) is 0.333. The molecule has 0 fully saturated rings. The van der Waals surface area contributed by atoms with Crippen LogP contribution in [-0.2, 0) is 6.42 Å². The van der Waals surface area contributed by atoms with E-state index in [1.807, 2.05) is 0 Å². The number of benzene rings is 2. The number of aryl methyl sites for hydroxylation is 1. The average Bonchev–Trinajstić information content (AvgIpc) is 2.52. The molecule has 112 valence electrons. The Morgan fingerprint density at radius 3 is 2.48 bits per heavy atom. The molecule has 21 heavy (non-hydrogen) atoms. The predicted molar refractivity (Wildman–Crippen MR) is 88.8 cm³/mol. The standard InChI is InChI=1S/C18H20BrFO/c1-3-4-6-13-9-11-14(12-10-13)18(19)17-15(20)7-5-8-16(17)21-2/h5,7-12,18H,3-4,6H2,1-2H3. The zero-order valence-corrected chi connectivity index (χ0v) is 14.0. The van der Waals surface area contributed by atoms with Crippen LogP contribution in [0.15, 0.2) is 42.5 Å². The van der Waals surface area contributed by atoms with Gasteiger partial charge in [0.2, 0.25) is 0 Å². The number of unbranched alkanes of at least 4 members (excludes halogenated alkanes) is 1. The highest BCUT2D eigenvalue weighted by Crippen LogP contribution is 2.38. The molecule has 0 saturated carbocycles. The minimum absolute atomic E-state index is 0.214. The number of alkyl halides is 1. The van der Waals surface area contributed by atoms with E-state index in [0.29, 0.717) is 11.3 Å². The second-order valence-corrected chi connectivity index (χ2v) is 5.98. The Morgan fingerprint density at radius 2 is 1.86 bits per heavy atom. The van der Waals surface area contributed by atoms with Crippen LogP contribution in [0.5, 0.6) is 5.75 Å². The third-order valence-corrected chi connectivity index (χ3v) is 4.56. The Hall–Kier alpha value is -1.35. The zero-order valence-electron chi connectivity index (χ0n) is 12.4. The highest BCUT2D eigenvalue weighted by Gasteiger charge is 2.19. The van der Waals surface area contributed by atoms with Gasteiger partial charge in [0.1, 0.15) is 11.6 Å². The van der Waals surface area contributed by atoms with Gasteiger partial charge in [-0.25, -0.2) is 4.39 Å². The smallest absolute Gasteiger partial charge is 0.131 e. The van der Waals surface area contributed by atoms with Gasteiger partial charge in [0.05, 0.1) is 11.9 Å². The Morgan fingerprint density at radius 1 is 1.14 bits per heavy atom. The first-order chi connectivity index (χ1) is 10.2. The predicted octanol–water partition coefficient (Wildman–Crippen LogP) is 5.66. The SMILES string of the molecule is CCCCc1ccc(C(Br)c2c(F)cccc2OC)cc1. The molecule has 0 bridgehead atoms. The van der Waals surface area contributed by atoms with Crippen molar-refractivity contribution in [2.75, 3.05) is 7.11 Å². The van der Waals surface area contributed by atoms with Crippen LogP contribution in [-0.4, -0.2) is 7.11 Å². The molecule has 0 radical (unpaired) electrons. The molecule has 0 aliphatic heterocycles. The Kier molecular flexibility index (Phi) is 5.80. The first-order valence-electron chi connectivity index (χ1n) is 7.22. The molecule has 0 heterocycles. The summed E-state index contributed by atoms with van der Waals surface area (Å²) >= 11 is 3.59. The topological polar surface area (TPSA) is 9.23 Å². The van der Waals surface area contributed by atoms with E-state index in [2.05, 4.69) is 47.1 Å². The van der Waals surface area contributed by atoms with Crippen molar-refractivity contribution in [3.63, 3.8) is 0 Å². The van der Waals surface area contributed by atoms with E-state index in [0.717, 1.165) is 12.0 Å². The van der Waals surface area contributed by atoms with Gasteiger partial charge < -0.3 is 4.74 Å². The fourth-order valence-corrected chi connectivity index (χ4v) is 3.09. The largest absolute Gasteiger partial charge is 0.496 e. The van der Waals surface area contributed by atoms with Crippen molar-refractivity contribution in [1.29, 1.82) is 0 Å².